The van der Waals surface area contributed by atoms with Gasteiger partial charge in [0.15, 0.2) is 11.4 Å². The summed E-state index contributed by atoms with van der Waals surface area (Å²) in [5, 5.41) is 4.63. The molecule has 0 aliphatic rings. The summed E-state index contributed by atoms with van der Waals surface area (Å²) in [5.74, 6) is 0. The number of nitrogens with zero attached hydrogens (tertiary/aromatic N) is 4. The average Bonchev–Trinajstić information content (AvgIpc) is 3.57. The van der Waals surface area contributed by atoms with Gasteiger partial charge in [-0.3, -0.25) is 9.69 Å². The molecule has 0 aliphatic carbocycles. The molecule has 2 heterocycles. The minimum Gasteiger partial charge on any atom is -0.309 e. The van der Waals surface area contributed by atoms with E-state index in [1.165, 1.54) is 10.8 Å². The van der Waals surface area contributed by atoms with Crippen LogP contribution in [0, 0.1) is 13.1 Å². The Labute approximate surface area is 242 Å². The average molecular weight is 535 g/mol. The molecule has 4 heteroatoms. The molecule has 0 amide bonds. The molecule has 0 spiro atoms. The zero-order valence-electron chi connectivity index (χ0n) is 22.5. The summed E-state index contributed by atoms with van der Waals surface area (Å²) in [5.41, 5.74) is 9.22. The lowest BCUT2D eigenvalue weighted by Crippen LogP contribution is -1.99. The van der Waals surface area contributed by atoms with Crippen molar-refractivity contribution in [3.8, 4) is 22.5 Å². The summed E-state index contributed by atoms with van der Waals surface area (Å²) in [6, 6.07) is 46.0. The van der Waals surface area contributed by atoms with Gasteiger partial charge in [-0.05, 0) is 48.0 Å². The molecule has 0 N–H and O–H groups in total. The highest BCUT2D eigenvalue weighted by atomic mass is 15.0. The molecule has 0 atom stereocenters. The van der Waals surface area contributed by atoms with Gasteiger partial charge in [-0.1, -0.05) is 91.0 Å². The Morgan fingerprint density at radius 3 is 1.67 bits per heavy atom. The second kappa shape index (κ2) is 9.24. The molecule has 0 saturated heterocycles. The molecule has 0 aliphatic heterocycles. The van der Waals surface area contributed by atoms with E-state index in [0.29, 0.717) is 11.4 Å². The van der Waals surface area contributed by atoms with E-state index in [9.17, 15) is 0 Å². The number of benzene rings is 6. The Kier molecular flexibility index (Phi) is 5.22. The van der Waals surface area contributed by atoms with Crippen molar-refractivity contribution < 1.29 is 0 Å². The van der Waals surface area contributed by atoms with Gasteiger partial charge >= 0.3 is 0 Å². The first kappa shape index (κ1) is 23.8. The van der Waals surface area contributed by atoms with Gasteiger partial charge in [0.2, 0.25) is 0 Å². The van der Waals surface area contributed by atoms with Crippen LogP contribution in [0.3, 0.4) is 0 Å². The quantitative estimate of drug-likeness (QED) is 0.201. The Bertz CT molecular complexity index is 2380. The predicted octanol–water partition coefficient (Wildman–Crippen LogP) is 10.6. The lowest BCUT2D eigenvalue weighted by molar-refractivity contribution is 1.17. The Hall–Kier alpha value is -6.10. The van der Waals surface area contributed by atoms with E-state index < -0.39 is 0 Å². The number of rotatable bonds is 3. The maximum absolute atomic E-state index is 7.84. The van der Waals surface area contributed by atoms with Gasteiger partial charge < -0.3 is 9.13 Å². The molecule has 0 radical (unpaired) electrons. The van der Waals surface area contributed by atoms with Crippen LogP contribution < -0.4 is 0 Å². The fourth-order valence-corrected chi connectivity index (χ4v) is 6.43. The highest BCUT2D eigenvalue weighted by Gasteiger charge is 2.22. The second-order valence-corrected chi connectivity index (χ2v) is 10.3. The first-order valence-corrected chi connectivity index (χ1v) is 13.8. The van der Waals surface area contributed by atoms with Gasteiger partial charge in [-0.25, -0.2) is 0 Å². The maximum Gasteiger partial charge on any atom is 0.195 e. The van der Waals surface area contributed by atoms with E-state index in [4.69, 9.17) is 13.1 Å². The Balaban J connectivity index is 1.60. The molecule has 8 rings (SSSR count). The number of hydrogen-bond acceptors (Lipinski definition) is 0. The fraction of sp³-hybridized carbons (Fsp3) is 0. The molecule has 0 bridgehead atoms. The van der Waals surface area contributed by atoms with Crippen LogP contribution >= 0.6 is 0 Å². The number of hydrogen-bond donors (Lipinski definition) is 0. The largest absolute Gasteiger partial charge is 0.309 e. The highest BCUT2D eigenvalue weighted by Crippen LogP contribution is 2.45. The fourth-order valence-electron chi connectivity index (χ4n) is 6.43. The lowest BCUT2D eigenvalue weighted by atomic mass is 9.96. The van der Waals surface area contributed by atoms with Crippen LogP contribution in [0.25, 0.3) is 75.8 Å². The van der Waals surface area contributed by atoms with Gasteiger partial charge in [0.1, 0.15) is 0 Å². The van der Waals surface area contributed by atoms with Crippen LogP contribution in [0.15, 0.2) is 133 Å². The zero-order valence-corrected chi connectivity index (χ0v) is 22.5. The van der Waals surface area contributed by atoms with E-state index in [1.807, 2.05) is 18.2 Å². The summed E-state index contributed by atoms with van der Waals surface area (Å²) < 4.78 is 4.65. The van der Waals surface area contributed by atoms with Crippen molar-refractivity contribution >= 4 is 55.0 Å². The molecular formula is C38H22N4. The smallest absolute Gasteiger partial charge is 0.195 e. The summed E-state index contributed by atoms with van der Waals surface area (Å²) in [6.45, 7) is 15.4. The first-order valence-electron chi connectivity index (χ1n) is 13.8. The molecule has 0 saturated carbocycles. The summed E-state index contributed by atoms with van der Waals surface area (Å²) in [7, 11) is 0. The van der Waals surface area contributed by atoms with Crippen LogP contribution in [-0.2, 0) is 0 Å². The molecule has 42 heavy (non-hydrogen) atoms. The van der Waals surface area contributed by atoms with Crippen molar-refractivity contribution in [3.63, 3.8) is 0 Å². The topological polar surface area (TPSA) is 18.6 Å². The van der Waals surface area contributed by atoms with Gasteiger partial charge in [-0.15, -0.1) is 0 Å². The molecule has 4 nitrogen and oxygen atoms in total. The Morgan fingerprint density at radius 2 is 1.02 bits per heavy atom. The van der Waals surface area contributed by atoms with Crippen molar-refractivity contribution in [2.45, 2.75) is 0 Å². The van der Waals surface area contributed by atoms with Gasteiger partial charge in [0.25, 0.3) is 0 Å². The predicted molar refractivity (Wildman–Crippen MR) is 173 cm³/mol. The van der Waals surface area contributed by atoms with Crippen LogP contribution in [-0.4, -0.2) is 9.13 Å². The van der Waals surface area contributed by atoms with E-state index >= 15 is 0 Å². The van der Waals surface area contributed by atoms with E-state index in [0.717, 1.165) is 55.3 Å². The molecule has 0 unspecified atom stereocenters. The first-order chi connectivity index (χ1) is 20.8. The van der Waals surface area contributed by atoms with Crippen LogP contribution in [0.1, 0.15) is 0 Å². The Morgan fingerprint density at radius 1 is 0.452 bits per heavy atom. The summed E-state index contributed by atoms with van der Waals surface area (Å²) >= 11 is 0. The van der Waals surface area contributed by atoms with E-state index in [-0.39, 0.29) is 0 Å². The van der Waals surface area contributed by atoms with Crippen LogP contribution in [0.4, 0.5) is 11.4 Å². The third-order valence-corrected chi connectivity index (χ3v) is 8.16. The van der Waals surface area contributed by atoms with Crippen molar-refractivity contribution in [1.82, 2.24) is 9.13 Å². The molecular weight excluding hydrogens is 512 g/mol. The van der Waals surface area contributed by atoms with E-state index in [2.05, 4.69) is 128 Å². The van der Waals surface area contributed by atoms with Crippen LogP contribution in [0.2, 0.25) is 0 Å². The third-order valence-electron chi connectivity index (χ3n) is 8.16. The van der Waals surface area contributed by atoms with Gasteiger partial charge in [0, 0.05) is 32.8 Å². The van der Waals surface area contributed by atoms with E-state index in [1.54, 1.807) is 6.07 Å². The highest BCUT2D eigenvalue weighted by molar-refractivity contribution is 6.19. The molecule has 194 valence electrons. The van der Waals surface area contributed by atoms with Crippen LogP contribution in [0.5, 0.6) is 0 Å². The van der Waals surface area contributed by atoms with Crippen molar-refractivity contribution in [2.24, 2.45) is 0 Å². The van der Waals surface area contributed by atoms with Gasteiger partial charge in [-0.2, -0.15) is 0 Å². The summed E-state index contributed by atoms with van der Waals surface area (Å²) in [4.78, 5) is 7.35. The number of aromatic nitrogens is 2. The lowest BCUT2D eigenvalue weighted by Gasteiger charge is -2.17. The molecule has 0 fully saturated rings. The molecule has 6 aromatic carbocycles. The number of para-hydroxylation sites is 4. The second-order valence-electron chi connectivity index (χ2n) is 10.3. The van der Waals surface area contributed by atoms with Crippen molar-refractivity contribution in [1.29, 1.82) is 0 Å². The summed E-state index contributed by atoms with van der Waals surface area (Å²) in [6.07, 6.45) is 0. The standard InChI is InChI=1S/C38H22N4/c1-39-30-21-20-25(24-31(30)40-2)37-35(42-32-17-9-6-14-27(32)28-15-7-10-18-33(28)42)22-23-36-38(37)29-16-8-11-19-34(29)41(36)26-12-4-3-5-13-26/h3-24H. The van der Waals surface area contributed by atoms with Crippen molar-refractivity contribution in [3.05, 3.63) is 156 Å². The minimum atomic E-state index is 0.361. The zero-order chi connectivity index (χ0) is 28.2. The molecule has 8 aromatic rings. The minimum absolute atomic E-state index is 0.361. The maximum atomic E-state index is 7.84. The van der Waals surface area contributed by atoms with Crippen molar-refractivity contribution in [2.75, 3.05) is 0 Å². The SMILES string of the molecule is [C-]#[N+]c1ccc(-c2c(-n3c4ccccc4c4ccccc43)ccc3c2c2ccccc2n3-c2ccccc2)cc1[N+]#[C-]. The van der Waals surface area contributed by atoms with Gasteiger partial charge in [0.05, 0.1) is 40.9 Å². The molecule has 2 aromatic heterocycles. The number of fused-ring (bicyclic) bond motifs is 6. The third kappa shape index (κ3) is 3.33. The normalized spacial score (nSPS) is 11.3. The monoisotopic (exact) mass is 534 g/mol.